The van der Waals surface area contributed by atoms with E-state index in [-0.39, 0.29) is 16.9 Å². The van der Waals surface area contributed by atoms with E-state index in [0.29, 0.717) is 28.6 Å². The number of carbonyl (C=O) groups is 3. The molecule has 2 aliphatic heterocycles. The number of hydrogen-bond acceptors (Lipinski definition) is 8. The second-order valence-electron chi connectivity index (χ2n) is 7.68. The van der Waals surface area contributed by atoms with E-state index >= 15 is 0 Å². The summed E-state index contributed by atoms with van der Waals surface area (Å²) in [4.78, 5) is 46.2. The summed E-state index contributed by atoms with van der Waals surface area (Å²) in [5.74, 6) is 0.101. The van der Waals surface area contributed by atoms with Gasteiger partial charge < -0.3 is 10.6 Å². The first-order chi connectivity index (χ1) is 15.4. The lowest BCUT2D eigenvalue weighted by Gasteiger charge is -2.16. The highest BCUT2D eigenvalue weighted by Crippen LogP contribution is 2.44. The summed E-state index contributed by atoms with van der Waals surface area (Å²) in [6.07, 6.45) is 7.89. The Balaban J connectivity index is 1.50. The minimum Gasteiger partial charge on any atom is -0.367 e. The maximum absolute atomic E-state index is 12.4. The predicted octanol–water partition coefficient (Wildman–Crippen LogP) is 1.57. The maximum atomic E-state index is 12.4. The van der Waals surface area contributed by atoms with E-state index in [1.807, 2.05) is 12.1 Å². The average molecular weight is 456 g/mol. The third-order valence-corrected chi connectivity index (χ3v) is 6.67. The van der Waals surface area contributed by atoms with Crippen LogP contribution in [0, 0.1) is 0 Å². The number of rotatable bonds is 6. The number of urea groups is 1. The predicted molar refractivity (Wildman–Crippen MR) is 117 cm³/mol. The molecule has 5 rings (SSSR count). The summed E-state index contributed by atoms with van der Waals surface area (Å²) in [5.41, 5.74) is 2.09. The minimum atomic E-state index is -0.561. The van der Waals surface area contributed by atoms with E-state index in [4.69, 9.17) is 9.82 Å². The molecular formula is C20H21N7O4S. The Hall–Kier alpha value is -3.38. The fourth-order valence-corrected chi connectivity index (χ4v) is 4.63. The summed E-state index contributed by atoms with van der Waals surface area (Å²) in [6.45, 7) is 0. The summed E-state index contributed by atoms with van der Waals surface area (Å²) < 4.78 is 1.70. The van der Waals surface area contributed by atoms with Gasteiger partial charge in [-0.05, 0) is 25.3 Å². The standard InChI is InChI=1S/C20H21N7O4S/c1-26(31-2)19(29)15-6-5-14(32-15)12-8-16(22-11-3-4-11)27-17(23-12)10(9-21-27)7-13-18(28)25-20(30)24-13/h6-9,11,14,22H,3-5H2,1-2H3,(H2,24,25,28,30)/b13-7-. The van der Waals surface area contributed by atoms with Gasteiger partial charge in [-0.3, -0.25) is 19.7 Å². The van der Waals surface area contributed by atoms with E-state index in [1.54, 1.807) is 23.8 Å². The summed E-state index contributed by atoms with van der Waals surface area (Å²) in [7, 11) is 3.02. The molecule has 0 aromatic carbocycles. The molecule has 3 N–H and O–H groups in total. The first-order valence-corrected chi connectivity index (χ1v) is 11.0. The topological polar surface area (TPSA) is 130 Å². The molecular weight excluding hydrogens is 434 g/mol. The number of carbonyl (C=O) groups excluding carboxylic acids is 3. The van der Waals surface area contributed by atoms with E-state index in [9.17, 15) is 14.4 Å². The summed E-state index contributed by atoms with van der Waals surface area (Å²) >= 11 is 1.44. The number of hydroxylamine groups is 2. The molecule has 12 heteroatoms. The quantitative estimate of drug-likeness (QED) is 0.340. The molecule has 0 spiro atoms. The van der Waals surface area contributed by atoms with Crippen molar-refractivity contribution in [3.8, 4) is 0 Å². The molecule has 1 saturated heterocycles. The van der Waals surface area contributed by atoms with Gasteiger partial charge in [-0.2, -0.15) is 9.61 Å². The number of amides is 4. The number of imide groups is 1. The van der Waals surface area contributed by atoms with Crippen LogP contribution >= 0.6 is 11.8 Å². The summed E-state index contributed by atoms with van der Waals surface area (Å²) in [6, 6.07) is 1.79. The van der Waals surface area contributed by atoms with Gasteiger partial charge in [-0.1, -0.05) is 6.08 Å². The molecule has 2 aromatic heterocycles. The van der Waals surface area contributed by atoms with Crippen molar-refractivity contribution in [1.82, 2.24) is 30.3 Å². The Morgan fingerprint density at radius 2 is 2.19 bits per heavy atom. The van der Waals surface area contributed by atoms with Gasteiger partial charge in [0.15, 0.2) is 5.65 Å². The molecule has 1 atom stereocenters. The normalized spacial score (nSPS) is 21.6. The van der Waals surface area contributed by atoms with E-state index < -0.39 is 11.9 Å². The Bertz CT molecular complexity index is 1200. The van der Waals surface area contributed by atoms with Gasteiger partial charge in [-0.15, -0.1) is 11.8 Å². The van der Waals surface area contributed by atoms with Crippen molar-refractivity contribution in [2.45, 2.75) is 30.6 Å². The second-order valence-corrected chi connectivity index (χ2v) is 8.93. The van der Waals surface area contributed by atoms with Crippen LogP contribution in [0.3, 0.4) is 0 Å². The zero-order valence-corrected chi connectivity index (χ0v) is 18.2. The zero-order chi connectivity index (χ0) is 22.4. The highest BCUT2D eigenvalue weighted by atomic mass is 32.2. The number of likely N-dealkylation sites (N-methyl/N-ethyl adjacent to an activating group) is 1. The van der Waals surface area contributed by atoms with E-state index in [2.05, 4.69) is 21.0 Å². The van der Waals surface area contributed by atoms with Crippen LogP contribution in [-0.4, -0.2) is 57.7 Å². The lowest BCUT2D eigenvalue weighted by atomic mass is 10.2. The maximum Gasteiger partial charge on any atom is 0.326 e. The smallest absolute Gasteiger partial charge is 0.326 e. The van der Waals surface area contributed by atoms with Gasteiger partial charge in [0.25, 0.3) is 11.8 Å². The van der Waals surface area contributed by atoms with Gasteiger partial charge in [0.1, 0.15) is 11.5 Å². The van der Waals surface area contributed by atoms with Crippen LogP contribution in [-0.2, 0) is 14.4 Å². The molecule has 1 aliphatic carbocycles. The SMILES string of the molecule is CON(C)C(=O)C1=CCC(c2cc(NC3CC3)n3ncc(/C=C4\NC(=O)NC4=O)c3n2)S1. The lowest BCUT2D eigenvalue weighted by molar-refractivity contribution is -0.163. The van der Waals surface area contributed by atoms with Crippen LogP contribution < -0.4 is 16.0 Å². The van der Waals surface area contributed by atoms with Crippen LogP contribution in [0.25, 0.3) is 11.7 Å². The molecule has 4 amide bonds. The number of nitrogens with zero attached hydrogens (tertiary/aromatic N) is 4. The van der Waals surface area contributed by atoms with Crippen LogP contribution in [0.15, 0.2) is 28.9 Å². The number of allylic oxidation sites excluding steroid dienone is 1. The zero-order valence-electron chi connectivity index (χ0n) is 17.4. The van der Waals surface area contributed by atoms with E-state index in [1.165, 1.54) is 23.9 Å². The Labute approximate surface area is 187 Å². The highest BCUT2D eigenvalue weighted by Gasteiger charge is 2.30. The van der Waals surface area contributed by atoms with Gasteiger partial charge in [0.2, 0.25) is 0 Å². The van der Waals surface area contributed by atoms with Crippen molar-refractivity contribution in [3.63, 3.8) is 0 Å². The molecule has 4 heterocycles. The number of hydrogen-bond donors (Lipinski definition) is 3. The van der Waals surface area contributed by atoms with E-state index in [0.717, 1.165) is 24.4 Å². The number of nitrogens with one attached hydrogen (secondary N) is 3. The molecule has 3 aliphatic rings. The van der Waals surface area contributed by atoms with Crippen LogP contribution in [0.5, 0.6) is 0 Å². The molecule has 2 fully saturated rings. The number of fused-ring (bicyclic) bond motifs is 1. The van der Waals surface area contributed by atoms with Gasteiger partial charge in [-0.25, -0.2) is 14.8 Å². The number of aromatic nitrogens is 3. The van der Waals surface area contributed by atoms with Crippen LogP contribution in [0.2, 0.25) is 0 Å². The van der Waals surface area contributed by atoms with Crippen molar-refractivity contribution >= 4 is 47.1 Å². The van der Waals surface area contributed by atoms with Gasteiger partial charge in [0, 0.05) is 24.7 Å². The third-order valence-electron chi connectivity index (χ3n) is 5.36. The molecule has 166 valence electrons. The van der Waals surface area contributed by atoms with Crippen molar-refractivity contribution in [1.29, 1.82) is 0 Å². The minimum absolute atomic E-state index is 0.0474. The van der Waals surface area contributed by atoms with Crippen LogP contribution in [0.1, 0.15) is 35.8 Å². The average Bonchev–Trinajstić information content (AvgIpc) is 3.17. The fourth-order valence-electron chi connectivity index (χ4n) is 3.46. The molecule has 2 aromatic rings. The molecule has 32 heavy (non-hydrogen) atoms. The first-order valence-electron chi connectivity index (χ1n) is 10.1. The summed E-state index contributed by atoms with van der Waals surface area (Å²) in [5, 5.41) is 13.7. The first kappa shape index (κ1) is 20.5. The van der Waals surface area contributed by atoms with Crippen molar-refractivity contribution in [3.05, 3.63) is 40.2 Å². The largest absolute Gasteiger partial charge is 0.367 e. The van der Waals surface area contributed by atoms with Gasteiger partial charge >= 0.3 is 6.03 Å². The Morgan fingerprint density at radius 3 is 2.88 bits per heavy atom. The molecule has 0 bridgehead atoms. The number of thioether (sulfide) groups is 1. The molecule has 11 nitrogen and oxygen atoms in total. The lowest BCUT2D eigenvalue weighted by Crippen LogP contribution is -2.25. The number of anilines is 1. The monoisotopic (exact) mass is 455 g/mol. The second kappa shape index (κ2) is 7.95. The van der Waals surface area contributed by atoms with Crippen LogP contribution in [0.4, 0.5) is 10.6 Å². The fraction of sp³-hybridized carbons (Fsp3) is 0.350. The molecule has 1 unspecified atom stereocenters. The molecule has 1 saturated carbocycles. The van der Waals surface area contributed by atoms with Crippen molar-refractivity contribution in [2.24, 2.45) is 0 Å². The molecule has 0 radical (unpaired) electrons. The van der Waals surface area contributed by atoms with Gasteiger partial charge in [0.05, 0.1) is 29.2 Å². The Kier molecular flexibility index (Phi) is 5.10. The van der Waals surface area contributed by atoms with Crippen molar-refractivity contribution < 1.29 is 19.2 Å². The van der Waals surface area contributed by atoms with Crippen molar-refractivity contribution in [2.75, 3.05) is 19.5 Å². The third kappa shape index (κ3) is 3.82. The highest BCUT2D eigenvalue weighted by molar-refractivity contribution is 8.04. The Morgan fingerprint density at radius 1 is 1.38 bits per heavy atom.